The van der Waals surface area contributed by atoms with Crippen molar-refractivity contribution in [3.8, 4) is 0 Å². The monoisotopic (exact) mass is 427 g/mol. The van der Waals surface area contributed by atoms with Crippen molar-refractivity contribution >= 4 is 45.4 Å². The number of nitrogens with zero attached hydrogens (tertiary/aromatic N) is 4. The van der Waals surface area contributed by atoms with Crippen molar-refractivity contribution in [1.29, 1.82) is 0 Å². The molecule has 0 bridgehead atoms. The van der Waals surface area contributed by atoms with Crippen molar-refractivity contribution in [1.82, 2.24) is 19.7 Å². The molecule has 4 rings (SSSR count). The van der Waals surface area contributed by atoms with E-state index >= 15 is 0 Å². The second-order valence-electron chi connectivity index (χ2n) is 7.52. The van der Waals surface area contributed by atoms with E-state index in [1.165, 1.54) is 30.6 Å². The third-order valence-electron chi connectivity index (χ3n) is 5.40. The van der Waals surface area contributed by atoms with Crippen molar-refractivity contribution in [3.05, 3.63) is 38.5 Å². The van der Waals surface area contributed by atoms with Crippen LogP contribution < -0.4 is 9.96 Å². The molecule has 2 fully saturated rings. The summed E-state index contributed by atoms with van der Waals surface area (Å²) in [5, 5.41) is 28.3. The Balaban J connectivity index is 1.57. The van der Waals surface area contributed by atoms with E-state index in [0.29, 0.717) is 34.3 Å². The quantitative estimate of drug-likeness (QED) is 0.546. The summed E-state index contributed by atoms with van der Waals surface area (Å²) in [4.78, 5) is 2.02. The average Bonchev–Trinajstić information content (AvgIpc) is 3.25. The van der Waals surface area contributed by atoms with E-state index in [1.807, 2.05) is 18.0 Å². The predicted molar refractivity (Wildman–Crippen MR) is 112 cm³/mol. The Bertz CT molecular complexity index is 813. The molecule has 0 spiro atoms. The van der Waals surface area contributed by atoms with Crippen LogP contribution in [0.2, 0.25) is 10.0 Å². The summed E-state index contributed by atoms with van der Waals surface area (Å²) < 4.78 is -0.541. The van der Waals surface area contributed by atoms with Gasteiger partial charge in [0.05, 0.1) is 16.6 Å². The van der Waals surface area contributed by atoms with Gasteiger partial charge in [-0.2, -0.15) is 0 Å². The molecule has 0 amide bonds. The number of aromatic nitrogens is 2. The van der Waals surface area contributed by atoms with Gasteiger partial charge in [-0.05, 0) is 49.4 Å². The maximum absolute atomic E-state index is 13.8. The Morgan fingerprint density at radius 3 is 2.70 bits per heavy atom. The summed E-state index contributed by atoms with van der Waals surface area (Å²) in [7, 11) is 1.95. The fourth-order valence-electron chi connectivity index (χ4n) is 3.96. The Labute approximate surface area is 173 Å². The minimum absolute atomic E-state index is 0.346. The Kier molecular flexibility index (Phi) is 5.60. The van der Waals surface area contributed by atoms with Crippen LogP contribution >= 0.6 is 34.5 Å². The van der Waals surface area contributed by atoms with E-state index in [9.17, 15) is 5.21 Å². The molecule has 1 N–H and O–H groups in total. The van der Waals surface area contributed by atoms with Gasteiger partial charge in [0.1, 0.15) is 11.7 Å². The minimum Gasteiger partial charge on any atom is -0.623 e. The Morgan fingerprint density at radius 2 is 1.96 bits per heavy atom. The van der Waals surface area contributed by atoms with Crippen molar-refractivity contribution in [2.24, 2.45) is 0 Å². The number of hydroxylamine groups is 2. The molecule has 146 valence electrons. The second kappa shape index (κ2) is 7.81. The Morgan fingerprint density at radius 1 is 1.19 bits per heavy atom. The Hall–Kier alpha value is -0.960. The lowest BCUT2D eigenvalue weighted by Gasteiger charge is -2.39. The molecule has 2 atom stereocenters. The van der Waals surface area contributed by atoms with E-state index in [1.54, 1.807) is 12.1 Å². The molecule has 2 aromatic rings. The van der Waals surface area contributed by atoms with Crippen LogP contribution in [0.4, 0.5) is 10.8 Å². The smallest absolute Gasteiger partial charge is 0.309 e. The lowest BCUT2D eigenvalue weighted by molar-refractivity contribution is 0.322. The highest BCUT2D eigenvalue weighted by Gasteiger charge is 2.43. The summed E-state index contributed by atoms with van der Waals surface area (Å²) in [6, 6.07) is 5.32. The van der Waals surface area contributed by atoms with E-state index in [0.717, 1.165) is 23.5 Å². The van der Waals surface area contributed by atoms with Gasteiger partial charge in [0.15, 0.2) is 6.17 Å². The first-order chi connectivity index (χ1) is 13.0. The fourth-order valence-corrected chi connectivity index (χ4v) is 5.35. The van der Waals surface area contributed by atoms with Crippen LogP contribution in [0, 0.1) is 5.21 Å². The highest BCUT2D eigenvalue weighted by Crippen LogP contribution is 2.40. The number of likely N-dealkylation sites (N-methyl/N-ethyl adjacent to an activating group) is 1. The zero-order chi connectivity index (χ0) is 19.0. The van der Waals surface area contributed by atoms with Crippen molar-refractivity contribution in [2.75, 3.05) is 25.6 Å². The number of rotatable bonds is 4. The molecule has 6 nitrogen and oxygen atoms in total. The zero-order valence-corrected chi connectivity index (χ0v) is 17.5. The van der Waals surface area contributed by atoms with Crippen LogP contribution in [0.15, 0.2) is 18.2 Å². The molecule has 1 aromatic heterocycles. The third kappa shape index (κ3) is 3.95. The van der Waals surface area contributed by atoms with Gasteiger partial charge >= 0.3 is 5.13 Å². The molecular weight excluding hydrogens is 405 g/mol. The van der Waals surface area contributed by atoms with Crippen LogP contribution in [0.1, 0.15) is 43.0 Å². The van der Waals surface area contributed by atoms with Crippen LogP contribution in [0.3, 0.4) is 0 Å². The zero-order valence-electron chi connectivity index (χ0n) is 15.2. The molecule has 27 heavy (non-hydrogen) atoms. The minimum atomic E-state index is -0.541. The first-order valence-electron chi connectivity index (χ1n) is 9.28. The molecule has 1 saturated heterocycles. The normalized spacial score (nSPS) is 27.2. The fraction of sp³-hybridized carbons (Fsp3) is 0.556. The van der Waals surface area contributed by atoms with Crippen molar-refractivity contribution < 1.29 is 0 Å². The SMILES string of the molecule is CN1CC(Nc2ccc(Cl)c(Cl)c2)[N+]([O-])(c2nnc(C3CCCCC3)s2)C1. The molecular formula is C18H23Cl2N5OS. The van der Waals surface area contributed by atoms with Gasteiger partial charge in [-0.3, -0.25) is 9.55 Å². The van der Waals surface area contributed by atoms with Gasteiger partial charge in [-0.1, -0.05) is 47.6 Å². The highest BCUT2D eigenvalue weighted by molar-refractivity contribution is 7.15. The average molecular weight is 428 g/mol. The molecule has 2 aliphatic rings. The standard InChI is InChI=1S/C18H23Cl2N5OS/c1-24-10-16(21-13-7-8-14(19)15(20)9-13)25(26,11-24)18-23-22-17(27-18)12-5-3-2-4-6-12/h7-9,12,16,21H,2-6,10-11H2,1H3. The summed E-state index contributed by atoms with van der Waals surface area (Å²) in [5.74, 6) is 0.457. The van der Waals surface area contributed by atoms with Gasteiger partial charge in [0, 0.05) is 11.6 Å². The summed E-state index contributed by atoms with van der Waals surface area (Å²) in [5.41, 5.74) is 0.778. The number of hydrogen-bond donors (Lipinski definition) is 1. The lowest BCUT2D eigenvalue weighted by atomic mass is 9.90. The predicted octanol–water partition coefficient (Wildman–Crippen LogP) is 5.04. The molecule has 1 aromatic carbocycles. The topological polar surface area (TPSA) is 64.1 Å². The molecule has 1 saturated carbocycles. The molecule has 0 radical (unpaired) electrons. The number of quaternary nitrogens is 1. The summed E-state index contributed by atoms with van der Waals surface area (Å²) in [6.45, 7) is 0.959. The van der Waals surface area contributed by atoms with Crippen LogP contribution in [0.25, 0.3) is 0 Å². The molecule has 9 heteroatoms. The maximum atomic E-state index is 13.8. The van der Waals surface area contributed by atoms with Gasteiger partial charge in [-0.15, -0.1) is 5.10 Å². The summed E-state index contributed by atoms with van der Waals surface area (Å²) in [6.07, 6.45) is 5.70. The van der Waals surface area contributed by atoms with Crippen molar-refractivity contribution in [3.63, 3.8) is 0 Å². The molecule has 2 unspecified atom stereocenters. The number of anilines is 1. The van der Waals surface area contributed by atoms with Gasteiger partial charge < -0.3 is 10.5 Å². The maximum Gasteiger partial charge on any atom is 0.309 e. The number of halogens is 2. The van der Waals surface area contributed by atoms with E-state index in [-0.39, 0.29) is 6.17 Å². The van der Waals surface area contributed by atoms with Gasteiger partial charge in [0.25, 0.3) is 0 Å². The largest absolute Gasteiger partial charge is 0.623 e. The number of benzene rings is 1. The van der Waals surface area contributed by atoms with E-state index in [2.05, 4.69) is 15.5 Å². The van der Waals surface area contributed by atoms with Crippen molar-refractivity contribution in [2.45, 2.75) is 44.2 Å². The van der Waals surface area contributed by atoms with E-state index in [4.69, 9.17) is 23.2 Å². The lowest BCUT2D eigenvalue weighted by Crippen LogP contribution is -2.52. The second-order valence-corrected chi connectivity index (χ2v) is 9.32. The van der Waals surface area contributed by atoms with E-state index < -0.39 is 4.65 Å². The first kappa shape index (κ1) is 19.4. The van der Waals surface area contributed by atoms with Gasteiger partial charge in [-0.25, -0.2) is 0 Å². The summed E-state index contributed by atoms with van der Waals surface area (Å²) >= 11 is 13.6. The molecule has 1 aliphatic heterocycles. The molecule has 1 aliphatic carbocycles. The molecule has 2 heterocycles. The van der Waals surface area contributed by atoms with Gasteiger partial charge in [0.2, 0.25) is 0 Å². The van der Waals surface area contributed by atoms with Crippen LogP contribution in [0.5, 0.6) is 0 Å². The number of nitrogens with one attached hydrogen (secondary N) is 1. The first-order valence-corrected chi connectivity index (χ1v) is 10.9. The highest BCUT2D eigenvalue weighted by atomic mass is 35.5. The number of hydrogen-bond acceptors (Lipinski definition) is 6. The van der Waals surface area contributed by atoms with Crippen LogP contribution in [-0.4, -0.2) is 41.5 Å². The third-order valence-corrected chi connectivity index (χ3v) is 7.34. The van der Waals surface area contributed by atoms with Crippen LogP contribution in [-0.2, 0) is 0 Å².